The van der Waals surface area contributed by atoms with Crippen molar-refractivity contribution in [3.63, 3.8) is 0 Å². The number of hydrogen-bond acceptors (Lipinski definition) is 6. The molecule has 25 heavy (non-hydrogen) atoms. The third-order valence-electron chi connectivity index (χ3n) is 3.67. The first kappa shape index (κ1) is 18.9. The Morgan fingerprint density at radius 3 is 2.64 bits per heavy atom. The fourth-order valence-corrected chi connectivity index (χ4v) is 4.00. The fraction of sp³-hybridized carbons (Fsp3) is 0.400. The van der Waals surface area contributed by atoms with Gasteiger partial charge >= 0.3 is 5.97 Å². The van der Waals surface area contributed by atoms with E-state index >= 15 is 0 Å². The summed E-state index contributed by atoms with van der Waals surface area (Å²) in [5.74, 6) is -1.82. The molecule has 2 N–H and O–H groups in total. The summed E-state index contributed by atoms with van der Waals surface area (Å²) >= 11 is 0. The van der Waals surface area contributed by atoms with Gasteiger partial charge in [0.2, 0.25) is 21.8 Å². The molecule has 0 aliphatic carbocycles. The van der Waals surface area contributed by atoms with Crippen molar-refractivity contribution < 1.29 is 27.5 Å². The monoisotopic (exact) mass is 369 g/mol. The minimum absolute atomic E-state index is 0.0460. The molecule has 1 aliphatic rings. The molecule has 0 spiro atoms. The van der Waals surface area contributed by atoms with Crippen LogP contribution in [0.15, 0.2) is 35.2 Å². The molecule has 1 saturated heterocycles. The second kappa shape index (κ2) is 8.08. The molecule has 0 bridgehead atoms. The van der Waals surface area contributed by atoms with Crippen LogP contribution in [0.1, 0.15) is 6.42 Å². The molecule has 1 aromatic rings. The summed E-state index contributed by atoms with van der Waals surface area (Å²) in [6.07, 6.45) is -0.394. The molecule has 2 rings (SSSR count). The average Bonchev–Trinajstić information content (AvgIpc) is 2.62. The van der Waals surface area contributed by atoms with E-state index in [0.29, 0.717) is 0 Å². The quantitative estimate of drug-likeness (QED) is 0.611. The van der Waals surface area contributed by atoms with Gasteiger partial charge < -0.3 is 15.4 Å². The number of carbonyl (C=O) groups excluding carboxylic acids is 3. The van der Waals surface area contributed by atoms with Crippen molar-refractivity contribution in [3.05, 3.63) is 30.3 Å². The summed E-state index contributed by atoms with van der Waals surface area (Å²) in [6.45, 7) is -0.141. The Morgan fingerprint density at radius 2 is 2.00 bits per heavy atom. The van der Waals surface area contributed by atoms with Gasteiger partial charge in [-0.25, -0.2) is 8.42 Å². The van der Waals surface area contributed by atoms with Gasteiger partial charge in [-0.2, -0.15) is 4.31 Å². The highest BCUT2D eigenvalue weighted by atomic mass is 32.2. The van der Waals surface area contributed by atoms with Crippen LogP contribution in [0, 0.1) is 0 Å². The molecular weight excluding hydrogens is 350 g/mol. The third kappa shape index (κ3) is 4.54. The highest BCUT2D eigenvalue weighted by Crippen LogP contribution is 2.21. The highest BCUT2D eigenvalue weighted by molar-refractivity contribution is 7.89. The number of rotatable bonds is 6. The van der Waals surface area contributed by atoms with Crippen molar-refractivity contribution in [2.24, 2.45) is 0 Å². The normalized spacial score (nSPS) is 18.3. The average molecular weight is 369 g/mol. The van der Waals surface area contributed by atoms with Gasteiger partial charge in [0.15, 0.2) is 0 Å². The number of amides is 2. The summed E-state index contributed by atoms with van der Waals surface area (Å²) in [6, 6.07) is 6.51. The number of hydrogen-bond donors (Lipinski definition) is 2. The Kier molecular flexibility index (Phi) is 6.10. The SMILES string of the molecule is COC(=O)CNC(=O)C[C@H]1C(=O)NCCN1S(=O)(=O)c1ccccc1. The minimum atomic E-state index is -3.92. The third-order valence-corrected chi connectivity index (χ3v) is 5.59. The Labute approximate surface area is 145 Å². The van der Waals surface area contributed by atoms with Crippen LogP contribution in [0.2, 0.25) is 0 Å². The topological polar surface area (TPSA) is 122 Å². The lowest BCUT2D eigenvalue weighted by atomic mass is 10.1. The molecule has 0 aromatic heterocycles. The Bertz CT molecular complexity index is 750. The van der Waals surface area contributed by atoms with Crippen LogP contribution >= 0.6 is 0 Å². The zero-order valence-corrected chi connectivity index (χ0v) is 14.4. The van der Waals surface area contributed by atoms with E-state index < -0.39 is 40.3 Å². The van der Waals surface area contributed by atoms with E-state index in [0.717, 1.165) is 4.31 Å². The lowest BCUT2D eigenvalue weighted by molar-refractivity contribution is -0.141. The maximum Gasteiger partial charge on any atom is 0.325 e. The molecule has 136 valence electrons. The molecule has 0 radical (unpaired) electrons. The molecule has 1 aromatic carbocycles. The Balaban J connectivity index is 2.17. The van der Waals surface area contributed by atoms with E-state index in [-0.39, 0.29) is 24.5 Å². The van der Waals surface area contributed by atoms with Crippen molar-refractivity contribution in [1.29, 1.82) is 0 Å². The van der Waals surface area contributed by atoms with Crippen molar-refractivity contribution in [2.75, 3.05) is 26.7 Å². The van der Waals surface area contributed by atoms with Gasteiger partial charge in [-0.15, -0.1) is 0 Å². The van der Waals surface area contributed by atoms with Crippen molar-refractivity contribution in [1.82, 2.24) is 14.9 Å². The lowest BCUT2D eigenvalue weighted by Gasteiger charge is -2.33. The maximum atomic E-state index is 12.8. The molecule has 0 unspecified atom stereocenters. The summed E-state index contributed by atoms with van der Waals surface area (Å²) in [7, 11) is -2.75. The van der Waals surface area contributed by atoms with E-state index in [1.54, 1.807) is 18.2 Å². The van der Waals surface area contributed by atoms with E-state index in [9.17, 15) is 22.8 Å². The standard InChI is InChI=1S/C15H19N3O6S/c1-24-14(20)10-17-13(19)9-12-15(21)16-7-8-18(12)25(22,23)11-5-3-2-4-6-11/h2-6,12H,7-10H2,1H3,(H,16,21)(H,17,19)/t12-/m0/s1. The fourth-order valence-electron chi connectivity index (χ4n) is 2.39. The minimum Gasteiger partial charge on any atom is -0.468 e. The first-order valence-electron chi connectivity index (χ1n) is 7.54. The Hall–Kier alpha value is -2.46. The number of ether oxygens (including phenoxy) is 1. The summed E-state index contributed by atoms with van der Waals surface area (Å²) < 4.78 is 31.0. The largest absolute Gasteiger partial charge is 0.468 e. The van der Waals surface area contributed by atoms with Crippen molar-refractivity contribution in [2.45, 2.75) is 17.4 Å². The van der Waals surface area contributed by atoms with Crippen LogP contribution in [0.25, 0.3) is 0 Å². The van der Waals surface area contributed by atoms with E-state index in [2.05, 4.69) is 15.4 Å². The molecule has 2 amide bonds. The zero-order chi connectivity index (χ0) is 18.4. The van der Waals surface area contributed by atoms with Crippen molar-refractivity contribution in [3.8, 4) is 0 Å². The van der Waals surface area contributed by atoms with Crippen molar-refractivity contribution >= 4 is 27.8 Å². The van der Waals surface area contributed by atoms with Crippen LogP contribution in [0.4, 0.5) is 0 Å². The van der Waals surface area contributed by atoms with Crippen LogP contribution in [0.5, 0.6) is 0 Å². The number of benzene rings is 1. The summed E-state index contributed by atoms with van der Waals surface area (Å²) in [4.78, 5) is 35.2. The summed E-state index contributed by atoms with van der Waals surface area (Å²) in [5, 5.41) is 4.85. The number of nitrogens with zero attached hydrogens (tertiary/aromatic N) is 1. The number of methoxy groups -OCH3 is 1. The lowest BCUT2D eigenvalue weighted by Crippen LogP contribution is -2.58. The van der Waals surface area contributed by atoms with Gasteiger partial charge in [0, 0.05) is 13.1 Å². The number of esters is 1. The van der Waals surface area contributed by atoms with Crippen LogP contribution in [-0.2, 0) is 29.1 Å². The smallest absolute Gasteiger partial charge is 0.325 e. The zero-order valence-electron chi connectivity index (χ0n) is 13.6. The second-order valence-corrected chi connectivity index (χ2v) is 7.18. The van der Waals surface area contributed by atoms with Gasteiger partial charge in [0.25, 0.3) is 0 Å². The summed E-state index contributed by atoms with van der Waals surface area (Å²) in [5.41, 5.74) is 0. The van der Waals surface area contributed by atoms with Crippen LogP contribution in [0.3, 0.4) is 0 Å². The molecule has 1 heterocycles. The first-order valence-corrected chi connectivity index (χ1v) is 8.98. The van der Waals surface area contributed by atoms with Gasteiger partial charge in [-0.3, -0.25) is 14.4 Å². The van der Waals surface area contributed by atoms with Crippen LogP contribution < -0.4 is 10.6 Å². The van der Waals surface area contributed by atoms with Gasteiger partial charge in [-0.1, -0.05) is 18.2 Å². The molecule has 1 aliphatic heterocycles. The molecule has 9 nitrogen and oxygen atoms in total. The molecule has 1 fully saturated rings. The highest BCUT2D eigenvalue weighted by Gasteiger charge is 2.39. The number of carbonyl (C=O) groups is 3. The predicted molar refractivity (Wildman–Crippen MR) is 86.8 cm³/mol. The van der Waals surface area contributed by atoms with Gasteiger partial charge in [0.1, 0.15) is 12.6 Å². The number of nitrogens with one attached hydrogen (secondary N) is 2. The number of piperazine rings is 1. The van der Waals surface area contributed by atoms with Gasteiger partial charge in [-0.05, 0) is 12.1 Å². The Morgan fingerprint density at radius 1 is 1.32 bits per heavy atom. The van der Waals surface area contributed by atoms with Crippen LogP contribution in [-0.4, -0.2) is 63.3 Å². The molecule has 0 saturated carbocycles. The molecular formula is C15H19N3O6S. The van der Waals surface area contributed by atoms with E-state index in [4.69, 9.17) is 0 Å². The maximum absolute atomic E-state index is 12.8. The van der Waals surface area contributed by atoms with Gasteiger partial charge in [0.05, 0.1) is 18.4 Å². The number of sulfonamides is 1. The second-order valence-electron chi connectivity index (χ2n) is 5.29. The predicted octanol–water partition coefficient (Wildman–Crippen LogP) is -1.14. The molecule has 10 heteroatoms. The molecule has 1 atom stereocenters. The van der Waals surface area contributed by atoms with E-state index in [1.807, 2.05) is 0 Å². The first-order chi connectivity index (χ1) is 11.9. The van der Waals surface area contributed by atoms with E-state index in [1.165, 1.54) is 19.2 Å².